The van der Waals surface area contributed by atoms with Gasteiger partial charge >= 0.3 is 29.6 Å². The fourth-order valence-corrected chi connectivity index (χ4v) is 5.86. The van der Waals surface area contributed by atoms with Crippen LogP contribution in [0.4, 0.5) is 4.39 Å². The summed E-state index contributed by atoms with van der Waals surface area (Å²) in [6.07, 6.45) is 4.95. The first kappa shape index (κ1) is 31.7. The van der Waals surface area contributed by atoms with Crippen LogP contribution in [0.2, 0.25) is 0 Å². The zero-order chi connectivity index (χ0) is 28.8. The van der Waals surface area contributed by atoms with Gasteiger partial charge in [0.15, 0.2) is 0 Å². The van der Waals surface area contributed by atoms with Crippen molar-refractivity contribution in [2.24, 2.45) is 11.8 Å². The number of benzene rings is 2. The molecule has 0 spiro atoms. The third-order valence-corrected chi connectivity index (χ3v) is 8.81. The van der Waals surface area contributed by atoms with Crippen LogP contribution in [0.1, 0.15) is 86.9 Å². The van der Waals surface area contributed by atoms with Crippen molar-refractivity contribution in [2.75, 3.05) is 7.05 Å². The molecule has 1 unspecified atom stereocenters. The van der Waals surface area contributed by atoms with E-state index < -0.39 is 11.9 Å². The molecule has 2 aromatic carbocycles. The van der Waals surface area contributed by atoms with Crippen molar-refractivity contribution in [2.45, 2.75) is 84.4 Å². The Morgan fingerprint density at radius 3 is 2.54 bits per heavy atom. The normalized spacial score (nSPS) is 18.2. The maximum absolute atomic E-state index is 14.8. The van der Waals surface area contributed by atoms with E-state index in [0.29, 0.717) is 18.0 Å². The average Bonchev–Trinajstić information content (AvgIpc) is 3.74. The zero-order valence-corrected chi connectivity index (χ0v) is 27.5. The smallest absolute Gasteiger partial charge is 0.550 e. The van der Waals surface area contributed by atoms with Crippen LogP contribution in [0.25, 0.3) is 11.1 Å². The van der Waals surface area contributed by atoms with E-state index in [4.69, 9.17) is 4.74 Å². The Morgan fingerprint density at radius 1 is 1.15 bits per heavy atom. The molecule has 5 nitrogen and oxygen atoms in total. The number of aliphatic carboxylic acids is 1. The molecule has 0 amide bonds. The van der Waals surface area contributed by atoms with E-state index in [1.165, 1.54) is 6.20 Å². The number of fused-ring (bicyclic) bond motifs is 1. The van der Waals surface area contributed by atoms with Crippen molar-refractivity contribution in [3.05, 3.63) is 82.4 Å². The summed E-state index contributed by atoms with van der Waals surface area (Å²) in [5, 5.41) is 11.8. The van der Waals surface area contributed by atoms with Crippen LogP contribution in [-0.4, -0.2) is 28.4 Å². The van der Waals surface area contributed by atoms with Crippen LogP contribution in [0.15, 0.2) is 48.7 Å². The molecule has 41 heavy (non-hydrogen) atoms. The number of hydrogen-bond donors (Lipinski definition) is 0. The molecule has 212 valence electrons. The summed E-state index contributed by atoms with van der Waals surface area (Å²) >= 11 is 0. The van der Waals surface area contributed by atoms with Crippen LogP contribution in [0.3, 0.4) is 0 Å². The largest absolute Gasteiger partial charge is 1.00 e. The minimum atomic E-state index is -0.998. The maximum atomic E-state index is 14.8. The van der Waals surface area contributed by atoms with Crippen molar-refractivity contribution in [1.82, 2.24) is 9.88 Å². The molecule has 3 aromatic rings. The molecule has 1 aromatic heterocycles. The van der Waals surface area contributed by atoms with Crippen molar-refractivity contribution in [3.63, 3.8) is 0 Å². The zero-order valence-electron chi connectivity index (χ0n) is 25.5. The Balaban J connectivity index is 0.00000387. The van der Waals surface area contributed by atoms with Crippen LogP contribution in [-0.2, 0) is 17.8 Å². The molecule has 7 heteroatoms. The molecular weight excluding hydrogens is 526 g/mol. The molecule has 0 N–H and O–H groups in total. The first-order valence-corrected chi connectivity index (χ1v) is 14.4. The molecule has 0 radical (unpaired) electrons. The summed E-state index contributed by atoms with van der Waals surface area (Å²) < 4.78 is 21.5. The number of aryl methyl sites for hydroxylation is 2. The number of rotatable bonds is 8. The first-order chi connectivity index (χ1) is 18.9. The predicted molar refractivity (Wildman–Crippen MR) is 153 cm³/mol. The molecule has 1 fully saturated rings. The van der Waals surface area contributed by atoms with Gasteiger partial charge < -0.3 is 14.6 Å². The third-order valence-electron chi connectivity index (χ3n) is 8.81. The number of pyridine rings is 1. The average molecular weight is 567 g/mol. The monoisotopic (exact) mass is 566 g/mol. The van der Waals surface area contributed by atoms with E-state index in [2.05, 4.69) is 68.0 Å². The van der Waals surface area contributed by atoms with Gasteiger partial charge in [-0.15, -0.1) is 0 Å². The number of ether oxygens (including phenoxy) is 1. The van der Waals surface area contributed by atoms with E-state index in [0.717, 1.165) is 64.9 Å². The van der Waals surface area contributed by atoms with E-state index in [1.807, 2.05) is 13.0 Å². The minimum absolute atomic E-state index is 0. The van der Waals surface area contributed by atoms with Gasteiger partial charge in [-0.3, -0.25) is 9.88 Å². The summed E-state index contributed by atoms with van der Waals surface area (Å²) in [7, 11) is 2.10. The molecule has 0 saturated heterocycles. The van der Waals surface area contributed by atoms with Crippen LogP contribution >= 0.6 is 0 Å². The second-order valence-electron chi connectivity index (χ2n) is 12.7. The van der Waals surface area contributed by atoms with Crippen molar-refractivity contribution < 1.29 is 48.6 Å². The molecule has 3 atom stereocenters. The van der Waals surface area contributed by atoms with Gasteiger partial charge in [-0.05, 0) is 118 Å². The fraction of sp³-hybridized carbons (Fsp3) is 0.471. The number of carboxylic acid groups (broad SMARTS) is 1. The second-order valence-corrected chi connectivity index (χ2v) is 12.7. The number of carbonyl (C=O) groups is 1. The van der Waals surface area contributed by atoms with Crippen molar-refractivity contribution >= 4 is 5.97 Å². The van der Waals surface area contributed by atoms with E-state index >= 15 is 0 Å². The predicted octanol–water partition coefficient (Wildman–Crippen LogP) is 3.38. The fourth-order valence-electron chi connectivity index (χ4n) is 5.86. The second kappa shape index (κ2) is 12.5. The third kappa shape index (κ3) is 7.05. The molecule has 1 saturated carbocycles. The van der Waals surface area contributed by atoms with Gasteiger partial charge in [0.25, 0.3) is 0 Å². The number of carbonyl (C=O) groups excluding carboxylic acids is 1. The summed E-state index contributed by atoms with van der Waals surface area (Å²) in [6.45, 7) is 10.9. The number of nitrogens with zero attached hydrogens (tertiary/aromatic N) is 2. The summed E-state index contributed by atoms with van der Waals surface area (Å²) in [6, 6.07) is 14.2. The first-order valence-electron chi connectivity index (χ1n) is 14.4. The van der Waals surface area contributed by atoms with E-state index in [-0.39, 0.29) is 52.9 Å². The summed E-state index contributed by atoms with van der Waals surface area (Å²) in [5.41, 5.74) is 6.47. The van der Waals surface area contributed by atoms with Gasteiger partial charge in [0.2, 0.25) is 0 Å². The Labute approximate surface area is 265 Å². The Bertz CT molecular complexity index is 1420. The quantitative estimate of drug-likeness (QED) is 0.392. The summed E-state index contributed by atoms with van der Waals surface area (Å²) in [5.74, 6) is -0.723. The van der Waals surface area contributed by atoms with Gasteiger partial charge in [-0.2, -0.15) is 0 Å². The SMILES string of the molecule is Cc1cc(-c2ccc(C3CCc4ccc([C@H](C5CC5)[C@H](C)C(=O)[O-])cc4O3)c(CN(C)C(C)(C)C)c2)c(F)cn1.[Na+]. The van der Waals surface area contributed by atoms with E-state index in [1.54, 1.807) is 13.0 Å². The van der Waals surface area contributed by atoms with Gasteiger partial charge in [-0.25, -0.2) is 4.39 Å². The maximum Gasteiger partial charge on any atom is 1.00 e. The van der Waals surface area contributed by atoms with Crippen LogP contribution in [0.5, 0.6) is 5.75 Å². The van der Waals surface area contributed by atoms with E-state index in [9.17, 15) is 14.3 Å². The molecule has 2 heterocycles. The molecule has 2 aliphatic rings. The Hall–Kier alpha value is -2.25. The van der Waals surface area contributed by atoms with Crippen molar-refractivity contribution in [1.29, 1.82) is 0 Å². The molecule has 1 aliphatic heterocycles. The van der Waals surface area contributed by atoms with Crippen LogP contribution < -0.4 is 39.4 Å². The van der Waals surface area contributed by atoms with Gasteiger partial charge in [-0.1, -0.05) is 31.2 Å². The van der Waals surface area contributed by atoms with Crippen molar-refractivity contribution in [3.8, 4) is 16.9 Å². The Kier molecular flexibility index (Phi) is 9.69. The minimum Gasteiger partial charge on any atom is -0.550 e. The number of hydrogen-bond acceptors (Lipinski definition) is 5. The molecule has 5 rings (SSSR count). The van der Waals surface area contributed by atoms with Gasteiger partial charge in [0, 0.05) is 35.2 Å². The van der Waals surface area contributed by atoms with Gasteiger partial charge in [0.1, 0.15) is 17.7 Å². The molecule has 0 bridgehead atoms. The molecular formula is C34H40FN2NaO3. The number of carboxylic acids is 1. The standard InChI is InChI=1S/C34H41FN2O3.Na/c1-20-15-28(29(35)18-36-20)24-11-13-27(26(16-24)19-37(6)34(3,4)5)30-14-12-22-7-10-25(17-31(22)40-30)32(23-8-9-23)21(2)33(38)39;/h7,10-11,13,15-18,21,23,30,32H,8-9,12,14,19H2,1-6H3,(H,38,39);/q;+1/p-1/t21-,30?,32-;/m0./s1. The Morgan fingerprint density at radius 2 is 1.88 bits per heavy atom. The number of aromatic nitrogens is 1. The topological polar surface area (TPSA) is 65.5 Å². The molecule has 1 aliphatic carbocycles. The number of halogens is 1. The summed E-state index contributed by atoms with van der Waals surface area (Å²) in [4.78, 5) is 18.2. The van der Waals surface area contributed by atoms with Gasteiger partial charge in [0.05, 0.1) is 6.20 Å². The van der Waals surface area contributed by atoms with Crippen LogP contribution in [0, 0.1) is 24.6 Å².